The predicted molar refractivity (Wildman–Crippen MR) is 65.2 cm³/mol. The van der Waals surface area contributed by atoms with E-state index >= 15 is 0 Å². The van der Waals surface area contributed by atoms with Crippen molar-refractivity contribution in [3.05, 3.63) is 28.0 Å². The molecule has 0 spiro atoms. The van der Waals surface area contributed by atoms with Crippen LogP contribution in [0.1, 0.15) is 42.5 Å². The van der Waals surface area contributed by atoms with E-state index in [1.165, 1.54) is 6.42 Å². The third-order valence-electron chi connectivity index (χ3n) is 3.02. The standard InChI is InChI=1S/C12H13Cl2NO/c13-10-6-9(7-11(14)15-10)12(16)8-4-2-1-3-5-8/h6-8H,1-5H2. The molecular formula is C12H13Cl2NO. The van der Waals surface area contributed by atoms with Crippen molar-refractivity contribution < 1.29 is 4.79 Å². The summed E-state index contributed by atoms with van der Waals surface area (Å²) in [5.74, 6) is 0.300. The lowest BCUT2D eigenvalue weighted by Crippen LogP contribution is -2.17. The average molecular weight is 258 g/mol. The van der Waals surface area contributed by atoms with Crippen molar-refractivity contribution in [1.82, 2.24) is 4.98 Å². The molecule has 1 fully saturated rings. The highest BCUT2D eigenvalue weighted by Crippen LogP contribution is 2.28. The van der Waals surface area contributed by atoms with Crippen molar-refractivity contribution in [3.63, 3.8) is 0 Å². The summed E-state index contributed by atoms with van der Waals surface area (Å²) in [7, 11) is 0. The number of rotatable bonds is 2. The van der Waals surface area contributed by atoms with Crippen LogP contribution in [0, 0.1) is 5.92 Å². The summed E-state index contributed by atoms with van der Waals surface area (Å²) in [5, 5.41) is 0.568. The van der Waals surface area contributed by atoms with Crippen LogP contribution in [0.2, 0.25) is 10.3 Å². The van der Waals surface area contributed by atoms with Gasteiger partial charge in [0.1, 0.15) is 10.3 Å². The molecule has 1 saturated carbocycles. The highest BCUT2D eigenvalue weighted by Gasteiger charge is 2.22. The van der Waals surface area contributed by atoms with Crippen LogP contribution >= 0.6 is 23.2 Å². The highest BCUT2D eigenvalue weighted by atomic mass is 35.5. The second kappa shape index (κ2) is 5.15. The zero-order valence-electron chi connectivity index (χ0n) is 8.88. The number of halogens is 2. The summed E-state index contributed by atoms with van der Waals surface area (Å²) in [6.07, 6.45) is 5.49. The van der Waals surface area contributed by atoms with Gasteiger partial charge in [-0.2, -0.15) is 0 Å². The zero-order valence-corrected chi connectivity index (χ0v) is 10.4. The van der Waals surface area contributed by atoms with Gasteiger partial charge in [-0.1, -0.05) is 42.5 Å². The van der Waals surface area contributed by atoms with Crippen molar-refractivity contribution in [2.45, 2.75) is 32.1 Å². The van der Waals surface area contributed by atoms with Gasteiger partial charge in [0.15, 0.2) is 5.78 Å². The number of pyridine rings is 1. The predicted octanol–water partition coefficient (Wildman–Crippen LogP) is 4.15. The fraction of sp³-hybridized carbons (Fsp3) is 0.500. The molecule has 0 radical (unpaired) electrons. The summed E-state index contributed by atoms with van der Waals surface area (Å²) >= 11 is 11.6. The molecule has 0 atom stereocenters. The van der Waals surface area contributed by atoms with Gasteiger partial charge in [0, 0.05) is 11.5 Å². The van der Waals surface area contributed by atoms with Crippen LogP contribution < -0.4 is 0 Å². The van der Waals surface area contributed by atoms with E-state index in [4.69, 9.17) is 23.2 Å². The van der Waals surface area contributed by atoms with Crippen LogP contribution in [-0.4, -0.2) is 10.8 Å². The van der Waals surface area contributed by atoms with Crippen LogP contribution in [0.25, 0.3) is 0 Å². The molecule has 1 aromatic rings. The molecular weight excluding hydrogens is 245 g/mol. The Labute approximate surface area is 105 Å². The van der Waals surface area contributed by atoms with Crippen molar-refractivity contribution in [1.29, 1.82) is 0 Å². The Morgan fingerprint density at radius 3 is 2.25 bits per heavy atom. The maximum absolute atomic E-state index is 12.2. The quantitative estimate of drug-likeness (QED) is 0.589. The first kappa shape index (κ1) is 11.9. The molecule has 1 heterocycles. The molecule has 2 nitrogen and oxygen atoms in total. The molecule has 0 saturated heterocycles. The van der Waals surface area contributed by atoms with E-state index in [1.54, 1.807) is 12.1 Å². The van der Waals surface area contributed by atoms with Gasteiger partial charge >= 0.3 is 0 Å². The number of Topliss-reactive ketones (excluding diaryl/α,β-unsaturated/α-hetero) is 1. The van der Waals surface area contributed by atoms with Gasteiger partial charge < -0.3 is 0 Å². The molecule has 1 aliphatic carbocycles. The first-order valence-electron chi connectivity index (χ1n) is 5.54. The number of carbonyl (C=O) groups is 1. The second-order valence-corrected chi connectivity index (χ2v) is 4.97. The first-order chi connectivity index (χ1) is 7.66. The Morgan fingerprint density at radius 1 is 1.12 bits per heavy atom. The minimum atomic E-state index is 0.142. The molecule has 0 bridgehead atoms. The Kier molecular flexibility index (Phi) is 3.82. The molecule has 0 amide bonds. The third kappa shape index (κ3) is 2.74. The molecule has 0 N–H and O–H groups in total. The molecule has 4 heteroatoms. The fourth-order valence-electron chi connectivity index (χ4n) is 2.21. The van der Waals surface area contributed by atoms with Gasteiger partial charge in [-0.15, -0.1) is 0 Å². The summed E-state index contributed by atoms with van der Waals surface area (Å²) in [6, 6.07) is 3.20. The Morgan fingerprint density at radius 2 is 1.69 bits per heavy atom. The van der Waals surface area contributed by atoms with E-state index in [2.05, 4.69) is 4.98 Å². The van der Waals surface area contributed by atoms with Crippen LogP contribution in [0.15, 0.2) is 12.1 Å². The average Bonchev–Trinajstić information content (AvgIpc) is 2.28. The number of nitrogens with zero attached hydrogens (tertiary/aromatic N) is 1. The Hall–Kier alpha value is -0.600. The topological polar surface area (TPSA) is 30.0 Å². The lowest BCUT2D eigenvalue weighted by Gasteiger charge is -2.20. The monoisotopic (exact) mass is 257 g/mol. The molecule has 0 aromatic carbocycles. The van der Waals surface area contributed by atoms with Crippen molar-refractivity contribution in [3.8, 4) is 0 Å². The van der Waals surface area contributed by atoms with E-state index < -0.39 is 0 Å². The smallest absolute Gasteiger partial charge is 0.166 e. The highest BCUT2D eigenvalue weighted by molar-refractivity contribution is 6.33. The lowest BCUT2D eigenvalue weighted by molar-refractivity contribution is 0.0889. The van der Waals surface area contributed by atoms with Crippen molar-refractivity contribution in [2.24, 2.45) is 5.92 Å². The minimum Gasteiger partial charge on any atom is -0.294 e. The van der Waals surface area contributed by atoms with Crippen LogP contribution in [0.5, 0.6) is 0 Å². The van der Waals surface area contributed by atoms with Crippen molar-refractivity contribution in [2.75, 3.05) is 0 Å². The summed E-state index contributed by atoms with van der Waals surface area (Å²) < 4.78 is 0. The van der Waals surface area contributed by atoms with Crippen LogP contribution in [0.4, 0.5) is 0 Å². The molecule has 16 heavy (non-hydrogen) atoms. The van der Waals surface area contributed by atoms with E-state index in [0.29, 0.717) is 5.56 Å². The fourth-order valence-corrected chi connectivity index (χ4v) is 2.67. The number of carbonyl (C=O) groups excluding carboxylic acids is 1. The number of aromatic nitrogens is 1. The normalized spacial score (nSPS) is 17.4. The van der Waals surface area contributed by atoms with E-state index in [-0.39, 0.29) is 22.0 Å². The number of ketones is 1. The SMILES string of the molecule is O=C(c1cc(Cl)nc(Cl)c1)C1CCCCC1. The molecule has 0 unspecified atom stereocenters. The van der Waals surface area contributed by atoms with Crippen LogP contribution in [-0.2, 0) is 0 Å². The summed E-state index contributed by atoms with van der Waals surface area (Å²) in [6.45, 7) is 0. The first-order valence-corrected chi connectivity index (χ1v) is 6.30. The Balaban J connectivity index is 2.19. The Bertz CT molecular complexity index is 380. The number of hydrogen-bond acceptors (Lipinski definition) is 2. The van der Waals surface area contributed by atoms with Gasteiger partial charge in [0.2, 0.25) is 0 Å². The van der Waals surface area contributed by atoms with Gasteiger partial charge in [-0.05, 0) is 25.0 Å². The molecule has 1 aliphatic rings. The zero-order chi connectivity index (χ0) is 11.5. The number of hydrogen-bond donors (Lipinski definition) is 0. The molecule has 0 aliphatic heterocycles. The maximum Gasteiger partial charge on any atom is 0.166 e. The van der Waals surface area contributed by atoms with E-state index in [0.717, 1.165) is 25.7 Å². The summed E-state index contributed by atoms with van der Waals surface area (Å²) in [4.78, 5) is 16.0. The van der Waals surface area contributed by atoms with Gasteiger partial charge in [0.25, 0.3) is 0 Å². The molecule has 1 aromatic heterocycles. The van der Waals surface area contributed by atoms with E-state index in [1.807, 2.05) is 0 Å². The summed E-state index contributed by atoms with van der Waals surface area (Å²) in [5.41, 5.74) is 0.594. The van der Waals surface area contributed by atoms with Gasteiger partial charge in [-0.3, -0.25) is 4.79 Å². The second-order valence-electron chi connectivity index (χ2n) is 4.20. The van der Waals surface area contributed by atoms with Gasteiger partial charge in [-0.25, -0.2) is 4.98 Å². The minimum absolute atomic E-state index is 0.142. The van der Waals surface area contributed by atoms with Gasteiger partial charge in [0.05, 0.1) is 0 Å². The van der Waals surface area contributed by atoms with Crippen LogP contribution in [0.3, 0.4) is 0 Å². The van der Waals surface area contributed by atoms with E-state index in [9.17, 15) is 4.79 Å². The maximum atomic E-state index is 12.2. The molecule has 2 rings (SSSR count). The van der Waals surface area contributed by atoms with Crippen molar-refractivity contribution >= 4 is 29.0 Å². The largest absolute Gasteiger partial charge is 0.294 e. The lowest BCUT2D eigenvalue weighted by atomic mass is 9.84. The third-order valence-corrected chi connectivity index (χ3v) is 3.41. The molecule has 86 valence electrons.